The molecule has 0 fully saturated rings. The lowest BCUT2D eigenvalue weighted by Gasteiger charge is -2.27. The minimum atomic E-state index is -2.92. The van der Waals surface area contributed by atoms with E-state index in [0.717, 1.165) is 23.0 Å². The van der Waals surface area contributed by atoms with E-state index in [2.05, 4.69) is 24.8 Å². The minimum Gasteiger partial charge on any atom is -0.369 e. The number of amides is 1. The second kappa shape index (κ2) is 10.3. The first-order valence-electron chi connectivity index (χ1n) is 12.4. The van der Waals surface area contributed by atoms with Crippen molar-refractivity contribution < 1.29 is 18.0 Å². The molecule has 1 atom stereocenters. The van der Waals surface area contributed by atoms with Gasteiger partial charge in [-0.25, -0.2) is 23.1 Å². The van der Waals surface area contributed by atoms with E-state index in [1.807, 2.05) is 18.2 Å². The number of alkyl halides is 2. The third kappa shape index (κ3) is 4.62. The number of carbonyl (C=O) groups excluding carboxylic acids is 1. The van der Waals surface area contributed by atoms with Crippen LogP contribution < -0.4 is 10.8 Å². The van der Waals surface area contributed by atoms with Crippen LogP contribution in [-0.2, 0) is 11.3 Å². The van der Waals surface area contributed by atoms with E-state index in [9.17, 15) is 18.0 Å². The lowest BCUT2D eigenvalue weighted by atomic mass is 9.97. The van der Waals surface area contributed by atoms with Gasteiger partial charge in [-0.3, -0.25) is 9.79 Å². The van der Waals surface area contributed by atoms with Crippen LogP contribution in [0.5, 0.6) is 0 Å². The molecule has 0 spiro atoms. The number of anilines is 1. The quantitative estimate of drug-likeness (QED) is 0.537. The van der Waals surface area contributed by atoms with E-state index in [4.69, 9.17) is 5.26 Å². The number of fused-ring (bicyclic) bond motifs is 3. The molecule has 0 aliphatic carbocycles. The van der Waals surface area contributed by atoms with Gasteiger partial charge in [0.25, 0.3) is 6.43 Å². The first kappa shape index (κ1) is 25.4. The van der Waals surface area contributed by atoms with Crippen molar-refractivity contribution in [2.45, 2.75) is 45.7 Å². The fraction of sp³-hybridized carbons (Fsp3) is 0.370. The van der Waals surface area contributed by atoms with Crippen LogP contribution in [-0.4, -0.2) is 45.0 Å². The van der Waals surface area contributed by atoms with Crippen molar-refractivity contribution in [3.05, 3.63) is 64.2 Å². The summed E-state index contributed by atoms with van der Waals surface area (Å²) in [4.78, 5) is 27.7. The van der Waals surface area contributed by atoms with Gasteiger partial charge in [0.05, 0.1) is 23.2 Å². The van der Waals surface area contributed by atoms with Gasteiger partial charge in [-0.05, 0) is 31.9 Å². The molecule has 1 unspecified atom stereocenters. The number of hydrogen-bond donors (Lipinski definition) is 1. The van der Waals surface area contributed by atoms with E-state index in [0.29, 0.717) is 55.3 Å². The van der Waals surface area contributed by atoms with E-state index >= 15 is 0 Å². The number of rotatable bonds is 5. The molecule has 0 bridgehead atoms. The minimum absolute atomic E-state index is 0.0695. The number of pyridine rings is 1. The predicted octanol–water partition coefficient (Wildman–Crippen LogP) is 4.38. The number of nitrogens with one attached hydrogen (secondary N) is 1. The van der Waals surface area contributed by atoms with Crippen molar-refractivity contribution in [3.8, 4) is 17.5 Å². The van der Waals surface area contributed by atoms with Gasteiger partial charge in [-0.2, -0.15) is 5.26 Å². The molecule has 1 N–H and O–H groups in total. The highest BCUT2D eigenvalue weighted by atomic mass is 19.3. The third-order valence-electron chi connectivity index (χ3n) is 6.91. The zero-order chi connectivity index (χ0) is 27.0. The van der Waals surface area contributed by atoms with Gasteiger partial charge >= 0.3 is 0 Å². The largest absolute Gasteiger partial charge is 0.369 e. The summed E-state index contributed by atoms with van der Waals surface area (Å²) in [5.74, 6) is 0.922. The topological polar surface area (TPSA) is 99.2 Å². The van der Waals surface area contributed by atoms with E-state index in [-0.39, 0.29) is 17.9 Å². The Morgan fingerprint density at radius 2 is 2.03 bits per heavy atom. The van der Waals surface area contributed by atoms with Crippen LogP contribution in [0.1, 0.15) is 54.7 Å². The SMILES string of the molecule is Cc1nc2n3c(c(C4=CCN(C(=O)CC#N)CC4)cc-2c(=NC(C)c2cccc(C(F)F)c2F)n1)NCC3. The average Bonchev–Trinajstić information content (AvgIpc) is 3.39. The number of nitrogens with zero attached hydrogens (tertiary/aromatic N) is 6. The summed E-state index contributed by atoms with van der Waals surface area (Å²) in [5, 5.41) is 12.3. The maximum atomic E-state index is 14.9. The number of aromatic nitrogens is 3. The monoisotopic (exact) mass is 521 g/mol. The molecule has 38 heavy (non-hydrogen) atoms. The number of aryl methyl sites for hydroxylation is 1. The molecule has 0 saturated carbocycles. The van der Waals surface area contributed by atoms with Gasteiger partial charge in [-0.1, -0.05) is 24.3 Å². The first-order valence-corrected chi connectivity index (χ1v) is 12.4. The van der Waals surface area contributed by atoms with Crippen LogP contribution in [0.2, 0.25) is 0 Å². The van der Waals surface area contributed by atoms with Crippen LogP contribution in [0.15, 0.2) is 35.3 Å². The number of benzene rings is 1. The maximum Gasteiger partial charge on any atom is 0.266 e. The molecule has 1 aromatic rings. The fourth-order valence-electron chi connectivity index (χ4n) is 5.02. The summed E-state index contributed by atoms with van der Waals surface area (Å²) in [6.45, 7) is 5.70. The Labute approximate surface area is 217 Å². The smallest absolute Gasteiger partial charge is 0.266 e. The van der Waals surface area contributed by atoms with Crippen molar-refractivity contribution in [3.63, 3.8) is 0 Å². The fourth-order valence-corrected chi connectivity index (χ4v) is 5.02. The van der Waals surface area contributed by atoms with E-state index in [1.54, 1.807) is 18.7 Å². The zero-order valence-electron chi connectivity index (χ0n) is 21.0. The Morgan fingerprint density at radius 3 is 2.74 bits per heavy atom. The Morgan fingerprint density at radius 1 is 1.24 bits per heavy atom. The van der Waals surface area contributed by atoms with Gasteiger partial charge in [0.15, 0.2) is 5.49 Å². The van der Waals surface area contributed by atoms with Crippen LogP contribution >= 0.6 is 0 Å². The third-order valence-corrected chi connectivity index (χ3v) is 6.91. The van der Waals surface area contributed by atoms with Crippen LogP contribution in [0, 0.1) is 24.1 Å². The molecule has 196 valence electrons. The number of nitriles is 1. The molecule has 1 amide bonds. The predicted molar refractivity (Wildman–Crippen MR) is 135 cm³/mol. The number of hydrogen-bond acceptors (Lipinski definition) is 6. The second-order valence-corrected chi connectivity index (χ2v) is 9.33. The summed E-state index contributed by atoms with van der Waals surface area (Å²) in [5.41, 5.74) is 2.42. The van der Waals surface area contributed by atoms with Gasteiger partial charge in [0, 0.05) is 37.3 Å². The van der Waals surface area contributed by atoms with E-state index in [1.165, 1.54) is 12.1 Å². The normalized spacial score (nSPS) is 16.3. The van der Waals surface area contributed by atoms with Gasteiger partial charge in [0.2, 0.25) is 5.91 Å². The van der Waals surface area contributed by atoms with Gasteiger partial charge < -0.3 is 14.8 Å². The highest BCUT2D eigenvalue weighted by Crippen LogP contribution is 2.36. The molecule has 4 heterocycles. The Bertz CT molecular complexity index is 1520. The van der Waals surface area contributed by atoms with Gasteiger partial charge in [0.1, 0.15) is 29.7 Å². The van der Waals surface area contributed by atoms with Gasteiger partial charge in [-0.15, -0.1) is 0 Å². The van der Waals surface area contributed by atoms with Crippen molar-refractivity contribution in [2.75, 3.05) is 25.0 Å². The molecular weight excluding hydrogens is 495 g/mol. The van der Waals surface area contributed by atoms with Crippen molar-refractivity contribution in [1.82, 2.24) is 19.4 Å². The van der Waals surface area contributed by atoms with Crippen molar-refractivity contribution in [1.29, 1.82) is 5.26 Å². The van der Waals surface area contributed by atoms with Crippen LogP contribution in [0.4, 0.5) is 19.0 Å². The Balaban J connectivity index is 1.61. The molecule has 0 aromatic heterocycles. The maximum absolute atomic E-state index is 14.9. The van der Waals surface area contributed by atoms with Crippen molar-refractivity contribution in [2.24, 2.45) is 4.99 Å². The van der Waals surface area contributed by atoms with Crippen LogP contribution in [0.25, 0.3) is 17.0 Å². The summed E-state index contributed by atoms with van der Waals surface area (Å²) in [6.07, 6.45) is -0.473. The highest BCUT2D eigenvalue weighted by molar-refractivity contribution is 5.83. The summed E-state index contributed by atoms with van der Waals surface area (Å²) < 4.78 is 43.5. The highest BCUT2D eigenvalue weighted by Gasteiger charge is 2.27. The molecular formula is C27H26F3N7O. The number of carbonyl (C=O) groups is 1. The molecule has 8 nitrogen and oxygen atoms in total. The molecule has 0 radical (unpaired) electrons. The zero-order valence-corrected chi connectivity index (χ0v) is 21.0. The first-order chi connectivity index (χ1) is 18.3. The molecule has 0 saturated heterocycles. The summed E-state index contributed by atoms with van der Waals surface area (Å²) >= 11 is 0. The Kier molecular flexibility index (Phi) is 6.89. The average molecular weight is 522 g/mol. The van der Waals surface area contributed by atoms with Crippen molar-refractivity contribution >= 4 is 17.3 Å². The summed E-state index contributed by atoms with van der Waals surface area (Å²) in [7, 11) is 0. The lowest BCUT2D eigenvalue weighted by molar-refractivity contribution is -0.129. The Hall–Kier alpha value is -4.20. The number of halogens is 3. The molecule has 4 aliphatic rings. The van der Waals surface area contributed by atoms with Crippen LogP contribution in [0.3, 0.4) is 0 Å². The van der Waals surface area contributed by atoms with E-state index < -0.39 is 23.8 Å². The second-order valence-electron chi connectivity index (χ2n) is 9.33. The molecule has 5 rings (SSSR count). The standard InChI is InChI=1S/C27H26F3N7O/c1-15(18-4-3-5-19(23(18)28)24(29)30)33-25-21-14-20(17-7-11-36(12-8-17)22(38)6-9-31)26-32-10-13-37(26)27(21)35-16(2)34-25/h3-5,7,14-15,24,32H,6,8,10-13H2,1-2H3. The molecule has 4 aliphatic heterocycles. The molecule has 11 heteroatoms. The summed E-state index contributed by atoms with van der Waals surface area (Å²) in [6, 6.07) is 7.03. The molecule has 1 aromatic carbocycles. The lowest BCUT2D eigenvalue weighted by Crippen LogP contribution is -2.34.